The van der Waals surface area contributed by atoms with E-state index in [9.17, 15) is 26.3 Å². The minimum absolute atomic E-state index is 0.194. The van der Waals surface area contributed by atoms with Crippen LogP contribution in [-0.2, 0) is 4.74 Å². The van der Waals surface area contributed by atoms with E-state index in [0.29, 0.717) is 7.11 Å². The smallest absolute Gasteiger partial charge is 0.448 e. The molecule has 0 N–H and O–H groups in total. The Hall–Kier alpha value is -1.14. The van der Waals surface area contributed by atoms with Crippen LogP contribution in [0.15, 0.2) is 24.0 Å². The first-order valence-electron chi connectivity index (χ1n) is 3.18. The topological polar surface area (TPSA) is 9.23 Å². The van der Waals surface area contributed by atoms with Gasteiger partial charge in [0, 0.05) is 0 Å². The Morgan fingerprint density at radius 1 is 1.07 bits per heavy atom. The second kappa shape index (κ2) is 3.93. The van der Waals surface area contributed by atoms with Crippen molar-refractivity contribution in [3.05, 3.63) is 24.0 Å². The largest absolute Gasteiger partial charge is 0.492 e. The number of hydrogen-bond donors (Lipinski definition) is 0. The molecule has 0 amide bonds. The molecular weight excluding hydrogens is 214 g/mol. The van der Waals surface area contributed by atoms with Crippen molar-refractivity contribution in [2.75, 3.05) is 7.11 Å². The van der Waals surface area contributed by atoms with Crippen molar-refractivity contribution >= 4 is 0 Å². The molecule has 0 atom stereocenters. The molecule has 1 nitrogen and oxygen atoms in total. The highest BCUT2D eigenvalue weighted by molar-refractivity contribution is 5.24. The molecule has 0 aromatic rings. The third kappa shape index (κ3) is 3.71. The second-order valence-electron chi connectivity index (χ2n) is 2.23. The van der Waals surface area contributed by atoms with Crippen LogP contribution in [0, 0.1) is 0 Å². The molecular formula is C7H6F6O. The van der Waals surface area contributed by atoms with E-state index >= 15 is 0 Å². The summed E-state index contributed by atoms with van der Waals surface area (Å²) in [5.41, 5.74) is -1.62. The molecule has 0 fully saturated rings. The average molecular weight is 220 g/mol. The third-order valence-corrected chi connectivity index (χ3v) is 1.17. The maximum atomic E-state index is 11.9. The van der Waals surface area contributed by atoms with Gasteiger partial charge in [-0.05, 0) is 6.08 Å². The van der Waals surface area contributed by atoms with Gasteiger partial charge in [-0.25, -0.2) is 0 Å². The molecule has 0 spiro atoms. The summed E-state index contributed by atoms with van der Waals surface area (Å²) in [6, 6.07) is 0. The summed E-state index contributed by atoms with van der Waals surface area (Å²) in [5, 5.41) is 0. The maximum absolute atomic E-state index is 11.9. The van der Waals surface area contributed by atoms with Gasteiger partial charge in [0.2, 0.25) is 5.76 Å². The number of alkyl halides is 6. The molecule has 0 aliphatic rings. The Balaban J connectivity index is 4.89. The Bertz CT molecular complexity index is 246. The SMILES string of the molecule is C=C(/C=C(\OC)C(F)(F)F)C(F)(F)F. The summed E-state index contributed by atoms with van der Waals surface area (Å²) >= 11 is 0. The van der Waals surface area contributed by atoms with E-state index in [0.717, 1.165) is 0 Å². The second-order valence-corrected chi connectivity index (χ2v) is 2.23. The van der Waals surface area contributed by atoms with Gasteiger partial charge in [0.05, 0.1) is 12.7 Å². The number of halogens is 6. The number of allylic oxidation sites excluding steroid dienone is 3. The summed E-state index contributed by atoms with van der Waals surface area (Å²) in [6.45, 7) is 2.45. The van der Waals surface area contributed by atoms with Crippen LogP contribution >= 0.6 is 0 Å². The number of methoxy groups -OCH3 is 1. The lowest BCUT2D eigenvalue weighted by Crippen LogP contribution is -2.16. The molecule has 0 aliphatic heterocycles. The zero-order valence-corrected chi connectivity index (χ0v) is 6.96. The lowest BCUT2D eigenvalue weighted by atomic mass is 10.2. The molecule has 7 heteroatoms. The zero-order chi connectivity index (χ0) is 11.6. The third-order valence-electron chi connectivity index (χ3n) is 1.17. The van der Waals surface area contributed by atoms with Crippen molar-refractivity contribution in [2.45, 2.75) is 12.4 Å². The van der Waals surface area contributed by atoms with Crippen LogP contribution in [0.4, 0.5) is 26.3 Å². The quantitative estimate of drug-likeness (QED) is 0.394. The molecule has 0 radical (unpaired) electrons. The molecule has 0 bridgehead atoms. The van der Waals surface area contributed by atoms with Crippen molar-refractivity contribution in [1.29, 1.82) is 0 Å². The van der Waals surface area contributed by atoms with E-state index in [1.807, 2.05) is 0 Å². The summed E-state index contributed by atoms with van der Waals surface area (Å²) in [7, 11) is 0.628. The fraction of sp³-hybridized carbons (Fsp3) is 0.429. The van der Waals surface area contributed by atoms with Crippen LogP contribution in [0.2, 0.25) is 0 Å². The van der Waals surface area contributed by atoms with E-state index in [-0.39, 0.29) is 6.08 Å². The molecule has 0 saturated heterocycles. The summed E-state index contributed by atoms with van der Waals surface area (Å²) in [5.74, 6) is -1.74. The van der Waals surface area contributed by atoms with Crippen LogP contribution in [-0.4, -0.2) is 19.5 Å². The Kier molecular flexibility index (Phi) is 3.61. The highest BCUT2D eigenvalue weighted by Crippen LogP contribution is 2.31. The van der Waals surface area contributed by atoms with E-state index in [1.54, 1.807) is 0 Å². The monoisotopic (exact) mass is 220 g/mol. The first kappa shape index (κ1) is 12.9. The van der Waals surface area contributed by atoms with Crippen LogP contribution in [0.3, 0.4) is 0 Å². The molecule has 82 valence electrons. The van der Waals surface area contributed by atoms with Crippen LogP contribution < -0.4 is 0 Å². The minimum atomic E-state index is -4.96. The highest BCUT2D eigenvalue weighted by Gasteiger charge is 2.38. The van der Waals surface area contributed by atoms with Gasteiger partial charge in [0.15, 0.2) is 0 Å². The normalized spacial score (nSPS) is 14.1. The molecule has 0 rings (SSSR count). The molecule has 0 saturated carbocycles. The first-order chi connectivity index (χ1) is 6.09. The van der Waals surface area contributed by atoms with E-state index in [2.05, 4.69) is 11.3 Å². The molecule has 0 unspecified atom stereocenters. The van der Waals surface area contributed by atoms with Gasteiger partial charge in [0.1, 0.15) is 0 Å². The van der Waals surface area contributed by atoms with Crippen molar-refractivity contribution in [3.63, 3.8) is 0 Å². The highest BCUT2D eigenvalue weighted by atomic mass is 19.4. The van der Waals surface area contributed by atoms with Gasteiger partial charge in [-0.2, -0.15) is 26.3 Å². The lowest BCUT2D eigenvalue weighted by molar-refractivity contribution is -0.127. The predicted octanol–water partition coefficient (Wildman–Crippen LogP) is 3.20. The summed E-state index contributed by atoms with van der Waals surface area (Å²) in [6.07, 6.45) is -10.0. The van der Waals surface area contributed by atoms with Crippen LogP contribution in [0.1, 0.15) is 0 Å². The van der Waals surface area contributed by atoms with Gasteiger partial charge in [0.25, 0.3) is 0 Å². The molecule has 0 heterocycles. The Labute approximate surface area is 75.7 Å². The van der Waals surface area contributed by atoms with Crippen LogP contribution in [0.5, 0.6) is 0 Å². The first-order valence-corrected chi connectivity index (χ1v) is 3.18. The Morgan fingerprint density at radius 2 is 1.50 bits per heavy atom. The maximum Gasteiger partial charge on any atom is 0.448 e. The predicted molar refractivity (Wildman–Crippen MR) is 36.3 cm³/mol. The van der Waals surface area contributed by atoms with Gasteiger partial charge in [-0.3, -0.25) is 0 Å². The fourth-order valence-electron chi connectivity index (χ4n) is 0.497. The minimum Gasteiger partial charge on any atom is -0.492 e. The van der Waals surface area contributed by atoms with Gasteiger partial charge < -0.3 is 4.74 Å². The number of ether oxygens (including phenoxy) is 1. The Morgan fingerprint density at radius 3 is 1.71 bits per heavy atom. The van der Waals surface area contributed by atoms with E-state index in [4.69, 9.17) is 0 Å². The molecule has 0 aromatic heterocycles. The number of hydrogen-bond acceptors (Lipinski definition) is 1. The van der Waals surface area contributed by atoms with Crippen molar-refractivity contribution in [3.8, 4) is 0 Å². The molecule has 0 aromatic carbocycles. The molecule has 14 heavy (non-hydrogen) atoms. The van der Waals surface area contributed by atoms with Gasteiger partial charge in [-0.15, -0.1) is 0 Å². The fourth-order valence-corrected chi connectivity index (χ4v) is 0.497. The number of rotatable bonds is 2. The lowest BCUT2D eigenvalue weighted by Gasteiger charge is -2.11. The van der Waals surface area contributed by atoms with Crippen molar-refractivity contribution < 1.29 is 31.1 Å². The standard InChI is InChI=1S/C7H6F6O/c1-4(6(8,9)10)3-5(14-2)7(11,12)13/h3H,1H2,2H3/b5-3-. The van der Waals surface area contributed by atoms with Gasteiger partial charge >= 0.3 is 12.4 Å². The summed E-state index contributed by atoms with van der Waals surface area (Å²) in [4.78, 5) is 0. The van der Waals surface area contributed by atoms with Gasteiger partial charge in [-0.1, -0.05) is 6.58 Å². The molecule has 0 aliphatic carbocycles. The van der Waals surface area contributed by atoms with Crippen molar-refractivity contribution in [1.82, 2.24) is 0 Å². The van der Waals surface area contributed by atoms with Crippen molar-refractivity contribution in [2.24, 2.45) is 0 Å². The zero-order valence-electron chi connectivity index (χ0n) is 6.96. The summed E-state index contributed by atoms with van der Waals surface area (Å²) < 4.78 is 74.7. The van der Waals surface area contributed by atoms with E-state index < -0.39 is 23.7 Å². The van der Waals surface area contributed by atoms with Crippen LogP contribution in [0.25, 0.3) is 0 Å². The van der Waals surface area contributed by atoms with E-state index in [1.165, 1.54) is 0 Å². The average Bonchev–Trinajstić information content (AvgIpc) is 1.95.